The van der Waals surface area contributed by atoms with E-state index in [0.717, 1.165) is 25.0 Å². The molecule has 1 atom stereocenters. The largest absolute Gasteiger partial charge is 0.417 e. The number of benzene rings is 1. The molecule has 4 nitrogen and oxygen atoms in total. The monoisotopic (exact) mass is 346 g/mol. The molecule has 1 heterocycles. The number of likely N-dealkylation sites (tertiary alicyclic amines) is 1. The lowest BCUT2D eigenvalue weighted by Gasteiger charge is -2.16. The number of rotatable bonds is 3. The van der Waals surface area contributed by atoms with E-state index in [1.54, 1.807) is 4.90 Å². The normalized spacial score (nSPS) is 21.7. The van der Waals surface area contributed by atoms with Crippen molar-refractivity contribution in [2.24, 2.45) is 5.92 Å². The molecule has 0 radical (unpaired) electrons. The van der Waals surface area contributed by atoms with Gasteiger partial charge in [-0.15, -0.1) is 0 Å². The maximum atomic E-state index is 12.8. The van der Waals surface area contributed by atoms with Crippen molar-refractivity contribution < 1.29 is 22.8 Å². The third-order valence-corrected chi connectivity index (χ3v) is 4.39. The van der Waals surface area contributed by atoms with E-state index in [4.69, 9.17) is 11.6 Å². The number of alkyl halides is 3. The van der Waals surface area contributed by atoms with E-state index < -0.39 is 28.6 Å². The van der Waals surface area contributed by atoms with Crippen molar-refractivity contribution in [1.29, 1.82) is 0 Å². The number of nitrogens with one attached hydrogen (secondary N) is 1. The standard InChI is InChI=1S/C15H14ClF3N2O2/c16-12-4-1-9(6-11(12)15(17,18)19)20-14(23)8-5-13(22)21(7-8)10-2-3-10/h1,4,6,8,10H,2-3,5,7H2,(H,20,23)/t8-/m0/s1. The number of halogens is 4. The van der Waals surface area contributed by atoms with Gasteiger partial charge in [0.05, 0.1) is 16.5 Å². The Morgan fingerprint density at radius 1 is 1.30 bits per heavy atom. The number of anilines is 1. The number of nitrogens with zero attached hydrogens (tertiary/aromatic N) is 1. The molecule has 0 bridgehead atoms. The minimum absolute atomic E-state index is 0.0176. The number of amides is 2. The first-order valence-corrected chi connectivity index (χ1v) is 7.60. The smallest absolute Gasteiger partial charge is 0.339 e. The predicted octanol–water partition coefficient (Wildman–Crippen LogP) is 3.31. The lowest BCUT2D eigenvalue weighted by molar-refractivity contribution is -0.137. The highest BCUT2D eigenvalue weighted by Crippen LogP contribution is 2.37. The minimum Gasteiger partial charge on any atom is -0.339 e. The Balaban J connectivity index is 1.70. The van der Waals surface area contributed by atoms with E-state index >= 15 is 0 Å². The zero-order valence-electron chi connectivity index (χ0n) is 12.0. The average molecular weight is 347 g/mol. The van der Waals surface area contributed by atoms with Gasteiger partial charge in [0.15, 0.2) is 0 Å². The Bertz CT molecular complexity index is 659. The molecule has 2 aliphatic rings. The summed E-state index contributed by atoms with van der Waals surface area (Å²) in [6.07, 6.45) is -2.59. The van der Waals surface area contributed by atoms with Gasteiger partial charge in [0.1, 0.15) is 0 Å². The van der Waals surface area contributed by atoms with E-state index in [9.17, 15) is 22.8 Å². The van der Waals surface area contributed by atoms with E-state index in [0.29, 0.717) is 6.54 Å². The number of carbonyl (C=O) groups excluding carboxylic acids is 2. The summed E-state index contributed by atoms with van der Waals surface area (Å²) in [6, 6.07) is 3.43. The highest BCUT2D eigenvalue weighted by molar-refractivity contribution is 6.31. The lowest BCUT2D eigenvalue weighted by atomic mass is 10.1. The van der Waals surface area contributed by atoms with Crippen LogP contribution in [-0.4, -0.2) is 29.3 Å². The summed E-state index contributed by atoms with van der Waals surface area (Å²) in [4.78, 5) is 25.7. The topological polar surface area (TPSA) is 49.4 Å². The van der Waals surface area contributed by atoms with Gasteiger partial charge in [0.25, 0.3) is 0 Å². The summed E-state index contributed by atoms with van der Waals surface area (Å²) in [7, 11) is 0. The Labute approximate surface area is 135 Å². The third-order valence-electron chi connectivity index (χ3n) is 4.06. The summed E-state index contributed by atoms with van der Waals surface area (Å²) in [5.74, 6) is -1.05. The maximum Gasteiger partial charge on any atom is 0.417 e. The molecule has 1 aliphatic heterocycles. The van der Waals surface area contributed by atoms with E-state index in [-0.39, 0.29) is 24.1 Å². The second kappa shape index (κ2) is 5.70. The minimum atomic E-state index is -4.59. The molecule has 1 aromatic rings. The van der Waals surface area contributed by atoms with Crippen LogP contribution in [0.25, 0.3) is 0 Å². The Morgan fingerprint density at radius 3 is 2.61 bits per heavy atom. The van der Waals surface area contributed by atoms with Crippen LogP contribution in [0, 0.1) is 5.92 Å². The summed E-state index contributed by atoms with van der Waals surface area (Å²) >= 11 is 5.54. The molecule has 1 saturated carbocycles. The van der Waals surface area contributed by atoms with Crippen molar-refractivity contribution in [2.75, 3.05) is 11.9 Å². The molecule has 1 saturated heterocycles. The lowest BCUT2D eigenvalue weighted by Crippen LogP contribution is -2.29. The predicted molar refractivity (Wildman–Crippen MR) is 77.9 cm³/mol. The van der Waals surface area contributed by atoms with Crippen molar-refractivity contribution in [3.63, 3.8) is 0 Å². The second-order valence-electron chi connectivity index (χ2n) is 5.86. The molecule has 2 amide bonds. The van der Waals surface area contributed by atoms with Crippen molar-refractivity contribution >= 4 is 29.1 Å². The molecule has 1 N–H and O–H groups in total. The Morgan fingerprint density at radius 2 is 2.00 bits per heavy atom. The van der Waals surface area contributed by atoms with Crippen LogP contribution in [0.5, 0.6) is 0 Å². The zero-order valence-corrected chi connectivity index (χ0v) is 12.7. The molecule has 2 fully saturated rings. The van der Waals surface area contributed by atoms with Gasteiger partial charge < -0.3 is 10.2 Å². The fraction of sp³-hybridized carbons (Fsp3) is 0.467. The molecule has 1 aliphatic carbocycles. The van der Waals surface area contributed by atoms with Crippen LogP contribution < -0.4 is 5.32 Å². The fourth-order valence-electron chi connectivity index (χ4n) is 2.71. The van der Waals surface area contributed by atoms with Crippen molar-refractivity contribution in [3.05, 3.63) is 28.8 Å². The fourth-order valence-corrected chi connectivity index (χ4v) is 2.94. The van der Waals surface area contributed by atoms with Gasteiger partial charge >= 0.3 is 6.18 Å². The first-order chi connectivity index (χ1) is 10.8. The second-order valence-corrected chi connectivity index (χ2v) is 6.27. The van der Waals surface area contributed by atoms with Crippen molar-refractivity contribution in [3.8, 4) is 0 Å². The molecule has 0 aromatic heterocycles. The average Bonchev–Trinajstić information content (AvgIpc) is 3.22. The molecule has 8 heteroatoms. The molecule has 0 unspecified atom stereocenters. The van der Waals surface area contributed by atoms with Crippen LogP contribution >= 0.6 is 11.6 Å². The molecule has 124 valence electrons. The molecule has 3 rings (SSSR count). The van der Waals surface area contributed by atoms with Gasteiger partial charge in [-0.3, -0.25) is 9.59 Å². The summed E-state index contributed by atoms with van der Waals surface area (Å²) in [5.41, 5.74) is -0.983. The van der Waals surface area contributed by atoms with Crippen LogP contribution in [0.3, 0.4) is 0 Å². The van der Waals surface area contributed by atoms with Crippen LogP contribution in [0.4, 0.5) is 18.9 Å². The number of carbonyl (C=O) groups is 2. The van der Waals surface area contributed by atoms with Gasteiger partial charge in [-0.25, -0.2) is 0 Å². The SMILES string of the molecule is O=C(Nc1ccc(Cl)c(C(F)(F)F)c1)[C@H]1CC(=O)N(C2CC2)C1. The zero-order chi connectivity index (χ0) is 16.8. The third kappa shape index (κ3) is 3.44. The van der Waals surface area contributed by atoms with Crippen molar-refractivity contribution in [1.82, 2.24) is 4.90 Å². The van der Waals surface area contributed by atoms with Crippen molar-refractivity contribution in [2.45, 2.75) is 31.5 Å². The quantitative estimate of drug-likeness (QED) is 0.913. The Hall–Kier alpha value is -1.76. The molecular formula is C15H14ClF3N2O2. The first kappa shape index (κ1) is 16.1. The van der Waals surface area contributed by atoms with Gasteiger partial charge in [-0.05, 0) is 31.0 Å². The highest BCUT2D eigenvalue weighted by Gasteiger charge is 2.42. The summed E-state index contributed by atoms with van der Waals surface area (Å²) in [5, 5.41) is 2.02. The van der Waals surface area contributed by atoms with Gasteiger partial charge in [-0.2, -0.15) is 13.2 Å². The van der Waals surface area contributed by atoms with Gasteiger partial charge in [-0.1, -0.05) is 11.6 Å². The first-order valence-electron chi connectivity index (χ1n) is 7.23. The molecule has 1 aromatic carbocycles. The molecule has 0 spiro atoms. The molecule has 23 heavy (non-hydrogen) atoms. The number of hydrogen-bond donors (Lipinski definition) is 1. The maximum absolute atomic E-state index is 12.8. The summed E-state index contributed by atoms with van der Waals surface area (Å²) in [6.45, 7) is 0.328. The van der Waals surface area contributed by atoms with E-state index in [2.05, 4.69) is 5.32 Å². The summed E-state index contributed by atoms with van der Waals surface area (Å²) < 4.78 is 38.5. The van der Waals surface area contributed by atoms with Crippen LogP contribution in [0.15, 0.2) is 18.2 Å². The van der Waals surface area contributed by atoms with Crippen LogP contribution in [-0.2, 0) is 15.8 Å². The van der Waals surface area contributed by atoms with E-state index in [1.807, 2.05) is 0 Å². The van der Waals surface area contributed by atoms with E-state index in [1.165, 1.54) is 6.07 Å². The van der Waals surface area contributed by atoms with Crippen LogP contribution in [0.1, 0.15) is 24.8 Å². The Kier molecular flexibility index (Phi) is 4.00. The number of hydrogen-bond acceptors (Lipinski definition) is 2. The molecular weight excluding hydrogens is 333 g/mol. The van der Waals surface area contributed by atoms with Crippen LogP contribution in [0.2, 0.25) is 5.02 Å². The highest BCUT2D eigenvalue weighted by atomic mass is 35.5. The van der Waals surface area contributed by atoms with Gasteiger partial charge in [0, 0.05) is 24.7 Å². The van der Waals surface area contributed by atoms with Gasteiger partial charge in [0.2, 0.25) is 11.8 Å².